The molecule has 0 saturated heterocycles. The second kappa shape index (κ2) is 9.77. The first-order valence-corrected chi connectivity index (χ1v) is 11.3. The second-order valence-electron chi connectivity index (χ2n) is 7.48. The SMILES string of the molecule is COc1cc(Cl)cc(C=Nn2c(C)nc3ccc(Br)cc3c2=O)c1OCc1ccc(C)cc1. The van der Waals surface area contributed by atoms with Gasteiger partial charge in [-0.15, -0.1) is 0 Å². The molecule has 8 heteroatoms. The summed E-state index contributed by atoms with van der Waals surface area (Å²) in [4.78, 5) is 17.5. The zero-order chi connectivity index (χ0) is 23.5. The molecule has 0 N–H and O–H groups in total. The van der Waals surface area contributed by atoms with Crippen molar-refractivity contribution in [3.63, 3.8) is 0 Å². The van der Waals surface area contributed by atoms with E-state index in [0.29, 0.717) is 45.4 Å². The molecule has 6 nitrogen and oxygen atoms in total. The maximum Gasteiger partial charge on any atom is 0.282 e. The molecule has 33 heavy (non-hydrogen) atoms. The van der Waals surface area contributed by atoms with Crippen LogP contribution in [0, 0.1) is 13.8 Å². The molecule has 0 saturated carbocycles. The largest absolute Gasteiger partial charge is 0.493 e. The van der Waals surface area contributed by atoms with Crippen molar-refractivity contribution < 1.29 is 9.47 Å². The average molecular weight is 527 g/mol. The Bertz CT molecular complexity index is 1420. The molecule has 4 rings (SSSR count). The minimum atomic E-state index is -0.272. The number of fused-ring (bicyclic) bond motifs is 1. The van der Waals surface area contributed by atoms with Crippen LogP contribution in [-0.2, 0) is 6.61 Å². The maximum atomic E-state index is 13.0. The third-order valence-corrected chi connectivity index (χ3v) is 5.77. The summed E-state index contributed by atoms with van der Waals surface area (Å²) in [5, 5.41) is 5.33. The lowest BCUT2D eigenvalue weighted by atomic mass is 10.1. The van der Waals surface area contributed by atoms with Crippen LogP contribution in [0.3, 0.4) is 0 Å². The molecule has 0 radical (unpaired) electrons. The van der Waals surface area contributed by atoms with Crippen LogP contribution in [0.4, 0.5) is 0 Å². The predicted molar refractivity (Wildman–Crippen MR) is 135 cm³/mol. The third kappa shape index (κ3) is 5.10. The van der Waals surface area contributed by atoms with Gasteiger partial charge in [0.05, 0.1) is 24.2 Å². The van der Waals surface area contributed by atoms with Crippen LogP contribution < -0.4 is 15.0 Å². The van der Waals surface area contributed by atoms with E-state index in [1.54, 1.807) is 38.3 Å². The second-order valence-corrected chi connectivity index (χ2v) is 8.83. The third-order valence-electron chi connectivity index (χ3n) is 5.05. The Kier molecular flexibility index (Phi) is 6.81. The number of methoxy groups -OCH3 is 1. The van der Waals surface area contributed by atoms with Crippen molar-refractivity contribution in [2.45, 2.75) is 20.5 Å². The molecule has 0 unspecified atom stereocenters. The Hall–Kier alpha value is -3.16. The fourth-order valence-electron chi connectivity index (χ4n) is 3.35. The van der Waals surface area contributed by atoms with Crippen molar-refractivity contribution in [3.05, 3.63) is 97.0 Å². The van der Waals surface area contributed by atoms with Gasteiger partial charge in [-0.05, 0) is 43.7 Å². The number of aromatic nitrogens is 2. The summed E-state index contributed by atoms with van der Waals surface area (Å²) in [7, 11) is 1.55. The number of nitrogens with zero attached hydrogens (tertiary/aromatic N) is 3. The number of halogens is 2. The van der Waals surface area contributed by atoms with Crippen molar-refractivity contribution in [2.75, 3.05) is 7.11 Å². The Balaban J connectivity index is 1.74. The van der Waals surface area contributed by atoms with Crippen LogP contribution in [0.2, 0.25) is 5.02 Å². The monoisotopic (exact) mass is 525 g/mol. The van der Waals surface area contributed by atoms with E-state index < -0.39 is 0 Å². The minimum Gasteiger partial charge on any atom is -0.493 e. The van der Waals surface area contributed by atoms with E-state index in [4.69, 9.17) is 21.1 Å². The van der Waals surface area contributed by atoms with Crippen molar-refractivity contribution in [1.82, 2.24) is 9.66 Å². The molecule has 168 valence electrons. The van der Waals surface area contributed by atoms with Gasteiger partial charge < -0.3 is 9.47 Å². The van der Waals surface area contributed by atoms with Crippen molar-refractivity contribution in [3.8, 4) is 11.5 Å². The van der Waals surface area contributed by atoms with Gasteiger partial charge in [-0.25, -0.2) is 4.98 Å². The highest BCUT2D eigenvalue weighted by Gasteiger charge is 2.13. The quantitative estimate of drug-likeness (QED) is 0.294. The molecular weight excluding hydrogens is 506 g/mol. The average Bonchev–Trinajstić information content (AvgIpc) is 2.79. The summed E-state index contributed by atoms with van der Waals surface area (Å²) in [5.41, 5.74) is 3.10. The summed E-state index contributed by atoms with van der Waals surface area (Å²) in [6, 6.07) is 16.8. The van der Waals surface area contributed by atoms with Gasteiger partial charge in [0.25, 0.3) is 5.56 Å². The highest BCUT2D eigenvalue weighted by Crippen LogP contribution is 2.34. The van der Waals surface area contributed by atoms with Gasteiger partial charge in [0.1, 0.15) is 12.4 Å². The Morgan fingerprint density at radius 3 is 2.61 bits per heavy atom. The molecule has 0 aliphatic carbocycles. The molecule has 0 fully saturated rings. The highest BCUT2D eigenvalue weighted by molar-refractivity contribution is 9.10. The first kappa shape index (κ1) is 23.0. The van der Waals surface area contributed by atoms with E-state index in [0.717, 1.165) is 10.0 Å². The van der Waals surface area contributed by atoms with Crippen LogP contribution in [0.5, 0.6) is 11.5 Å². The fourth-order valence-corrected chi connectivity index (χ4v) is 3.92. The Morgan fingerprint density at radius 1 is 1.12 bits per heavy atom. The number of hydrogen-bond donors (Lipinski definition) is 0. The summed E-state index contributed by atoms with van der Waals surface area (Å²) in [6.45, 7) is 4.10. The first-order chi connectivity index (χ1) is 15.9. The van der Waals surface area contributed by atoms with Crippen molar-refractivity contribution in [1.29, 1.82) is 0 Å². The zero-order valence-electron chi connectivity index (χ0n) is 18.3. The lowest BCUT2D eigenvalue weighted by Gasteiger charge is -2.14. The maximum absolute atomic E-state index is 13.0. The van der Waals surface area contributed by atoms with Gasteiger partial charge >= 0.3 is 0 Å². The predicted octanol–water partition coefficient (Wildman–Crippen LogP) is 5.90. The molecule has 0 aliphatic rings. The van der Waals surface area contributed by atoms with Crippen LogP contribution in [0.25, 0.3) is 10.9 Å². The standard InChI is InChI=1S/C25H21BrClN3O3/c1-15-4-6-17(7-5-15)14-33-24-18(10-20(27)12-23(24)32-3)13-28-30-16(2)29-22-9-8-19(26)11-21(22)25(30)31/h4-13H,14H2,1-3H3. The van der Waals surface area contributed by atoms with E-state index in [9.17, 15) is 4.79 Å². The van der Waals surface area contributed by atoms with E-state index in [2.05, 4.69) is 26.0 Å². The van der Waals surface area contributed by atoms with Gasteiger partial charge in [0.15, 0.2) is 11.5 Å². The van der Waals surface area contributed by atoms with Crippen molar-refractivity contribution >= 4 is 44.6 Å². The number of benzene rings is 3. The molecule has 1 aromatic heterocycles. The van der Waals surface area contributed by atoms with Gasteiger partial charge in [-0.3, -0.25) is 4.79 Å². The summed E-state index contributed by atoms with van der Waals surface area (Å²) in [5.74, 6) is 1.41. The zero-order valence-corrected chi connectivity index (χ0v) is 20.6. The van der Waals surface area contributed by atoms with Gasteiger partial charge in [0.2, 0.25) is 0 Å². The molecule has 0 spiro atoms. The molecule has 3 aromatic carbocycles. The molecule has 4 aromatic rings. The molecule has 0 amide bonds. The van der Waals surface area contributed by atoms with Gasteiger partial charge in [-0.2, -0.15) is 9.78 Å². The molecule has 1 heterocycles. The van der Waals surface area contributed by atoms with Crippen LogP contribution in [0.15, 0.2) is 69.0 Å². The molecule has 0 bridgehead atoms. The lowest BCUT2D eigenvalue weighted by Crippen LogP contribution is -2.20. The fraction of sp³-hybridized carbons (Fsp3) is 0.160. The number of aryl methyl sites for hydroxylation is 2. The van der Waals surface area contributed by atoms with E-state index in [1.165, 1.54) is 16.5 Å². The smallest absolute Gasteiger partial charge is 0.282 e. The topological polar surface area (TPSA) is 65.7 Å². The lowest BCUT2D eigenvalue weighted by molar-refractivity contribution is 0.284. The highest BCUT2D eigenvalue weighted by atomic mass is 79.9. The molecular formula is C25H21BrClN3O3. The summed E-state index contributed by atoms with van der Waals surface area (Å²) >= 11 is 9.69. The first-order valence-electron chi connectivity index (χ1n) is 10.1. The number of rotatable bonds is 6. The normalized spacial score (nSPS) is 11.3. The van der Waals surface area contributed by atoms with Crippen LogP contribution in [0.1, 0.15) is 22.5 Å². The number of ether oxygens (including phenoxy) is 2. The molecule has 0 atom stereocenters. The van der Waals surface area contributed by atoms with Crippen LogP contribution in [-0.4, -0.2) is 23.0 Å². The van der Waals surface area contributed by atoms with Crippen LogP contribution >= 0.6 is 27.5 Å². The van der Waals surface area contributed by atoms with Gasteiger partial charge in [-0.1, -0.05) is 57.4 Å². The minimum absolute atomic E-state index is 0.272. The summed E-state index contributed by atoms with van der Waals surface area (Å²) in [6.07, 6.45) is 1.53. The Morgan fingerprint density at radius 2 is 1.88 bits per heavy atom. The Labute approximate surface area is 204 Å². The van der Waals surface area contributed by atoms with E-state index in [-0.39, 0.29) is 5.56 Å². The van der Waals surface area contributed by atoms with Gasteiger partial charge in [0, 0.05) is 21.1 Å². The van der Waals surface area contributed by atoms with E-state index >= 15 is 0 Å². The van der Waals surface area contributed by atoms with E-state index in [1.807, 2.05) is 37.3 Å². The van der Waals surface area contributed by atoms with Crippen molar-refractivity contribution in [2.24, 2.45) is 5.10 Å². The number of hydrogen-bond acceptors (Lipinski definition) is 5. The molecule has 0 aliphatic heterocycles. The summed E-state index contributed by atoms with van der Waals surface area (Å²) < 4.78 is 13.6.